The SMILES string of the molecule is CC(C)(C)c1cc(CCCO)cc(-n2nc3ccc(Cl)cc3n2)c1O. The van der Waals surface area contributed by atoms with Crippen LogP contribution in [0.1, 0.15) is 38.3 Å². The summed E-state index contributed by atoms with van der Waals surface area (Å²) in [6.07, 6.45) is 1.39. The fraction of sp³-hybridized carbons (Fsp3) is 0.368. The van der Waals surface area contributed by atoms with Gasteiger partial charge in [-0.3, -0.25) is 0 Å². The van der Waals surface area contributed by atoms with Crippen molar-refractivity contribution in [2.24, 2.45) is 0 Å². The molecule has 0 aliphatic carbocycles. The van der Waals surface area contributed by atoms with E-state index in [2.05, 4.69) is 31.0 Å². The topological polar surface area (TPSA) is 71.2 Å². The Kier molecular flexibility index (Phi) is 4.71. The van der Waals surface area contributed by atoms with E-state index in [1.165, 1.54) is 4.80 Å². The highest BCUT2D eigenvalue weighted by atomic mass is 35.5. The van der Waals surface area contributed by atoms with Crippen molar-refractivity contribution in [3.05, 3.63) is 46.5 Å². The van der Waals surface area contributed by atoms with Gasteiger partial charge in [0, 0.05) is 17.2 Å². The lowest BCUT2D eigenvalue weighted by atomic mass is 9.84. The van der Waals surface area contributed by atoms with E-state index < -0.39 is 0 Å². The maximum absolute atomic E-state index is 10.8. The summed E-state index contributed by atoms with van der Waals surface area (Å²) in [6, 6.07) is 9.19. The fourth-order valence-electron chi connectivity index (χ4n) is 2.82. The van der Waals surface area contributed by atoms with Crippen LogP contribution in [-0.2, 0) is 11.8 Å². The summed E-state index contributed by atoms with van der Waals surface area (Å²) in [6.45, 7) is 6.28. The summed E-state index contributed by atoms with van der Waals surface area (Å²) in [5.74, 6) is 0.173. The normalized spacial score (nSPS) is 12.0. The second kappa shape index (κ2) is 6.65. The minimum absolute atomic E-state index is 0.128. The standard InChI is InChI=1S/C19H22ClN3O2/c1-19(2,3)14-9-12(5-4-8-24)10-17(18(14)25)23-21-15-7-6-13(20)11-16(15)22-23/h6-7,9-11,24-25H,4-5,8H2,1-3H3. The highest BCUT2D eigenvalue weighted by Gasteiger charge is 2.23. The molecule has 1 aromatic heterocycles. The van der Waals surface area contributed by atoms with Gasteiger partial charge < -0.3 is 10.2 Å². The number of aryl methyl sites for hydroxylation is 1. The third-order valence-corrected chi connectivity index (χ3v) is 4.37. The minimum atomic E-state index is -0.232. The summed E-state index contributed by atoms with van der Waals surface area (Å²) in [7, 11) is 0. The molecule has 132 valence electrons. The molecule has 2 N–H and O–H groups in total. The molecule has 0 bridgehead atoms. The summed E-state index contributed by atoms with van der Waals surface area (Å²) in [5.41, 5.74) is 3.55. The molecule has 3 rings (SSSR count). The quantitative estimate of drug-likeness (QED) is 0.738. The zero-order chi connectivity index (χ0) is 18.2. The Bertz CT molecular complexity index is 913. The lowest BCUT2D eigenvalue weighted by molar-refractivity contribution is 0.288. The van der Waals surface area contributed by atoms with E-state index in [4.69, 9.17) is 16.7 Å². The number of benzene rings is 2. The average Bonchev–Trinajstić information content (AvgIpc) is 2.95. The Balaban J connectivity index is 2.18. The molecule has 25 heavy (non-hydrogen) atoms. The Labute approximate surface area is 151 Å². The van der Waals surface area contributed by atoms with Gasteiger partial charge >= 0.3 is 0 Å². The number of phenolic OH excluding ortho intramolecular Hbond substituents is 1. The number of nitrogens with zero attached hydrogens (tertiary/aromatic N) is 3. The van der Waals surface area contributed by atoms with Crippen LogP contribution in [0, 0.1) is 0 Å². The molecule has 0 atom stereocenters. The van der Waals surface area contributed by atoms with Crippen LogP contribution < -0.4 is 0 Å². The van der Waals surface area contributed by atoms with Crippen molar-refractivity contribution in [3.8, 4) is 11.4 Å². The molecule has 0 saturated carbocycles. The molecular formula is C19H22ClN3O2. The van der Waals surface area contributed by atoms with E-state index in [0.717, 1.165) is 17.5 Å². The maximum atomic E-state index is 10.8. The van der Waals surface area contributed by atoms with Crippen LogP contribution in [-0.4, -0.2) is 31.8 Å². The lowest BCUT2D eigenvalue weighted by Gasteiger charge is -2.23. The van der Waals surface area contributed by atoms with E-state index >= 15 is 0 Å². The number of aliphatic hydroxyl groups is 1. The number of hydrogen-bond donors (Lipinski definition) is 2. The summed E-state index contributed by atoms with van der Waals surface area (Å²) in [5, 5.41) is 29.5. The van der Waals surface area contributed by atoms with Crippen LogP contribution in [0.15, 0.2) is 30.3 Å². The zero-order valence-corrected chi connectivity index (χ0v) is 15.4. The highest BCUT2D eigenvalue weighted by molar-refractivity contribution is 6.31. The van der Waals surface area contributed by atoms with Gasteiger partial charge in [0.15, 0.2) is 0 Å². The molecular weight excluding hydrogens is 338 g/mol. The summed E-state index contributed by atoms with van der Waals surface area (Å²) >= 11 is 6.02. The van der Waals surface area contributed by atoms with Crippen LogP contribution in [0.25, 0.3) is 16.7 Å². The number of aliphatic hydroxyl groups excluding tert-OH is 1. The predicted molar refractivity (Wildman–Crippen MR) is 99.6 cm³/mol. The Morgan fingerprint density at radius 3 is 2.48 bits per heavy atom. The van der Waals surface area contributed by atoms with Gasteiger partial charge in [-0.15, -0.1) is 15.0 Å². The van der Waals surface area contributed by atoms with E-state index in [-0.39, 0.29) is 17.8 Å². The van der Waals surface area contributed by atoms with Gasteiger partial charge in [-0.05, 0) is 48.1 Å². The zero-order valence-electron chi connectivity index (χ0n) is 14.6. The second-order valence-electron chi connectivity index (χ2n) is 7.21. The molecule has 0 fully saturated rings. The summed E-state index contributed by atoms with van der Waals surface area (Å²) in [4.78, 5) is 1.45. The first-order valence-corrected chi connectivity index (χ1v) is 8.67. The minimum Gasteiger partial charge on any atom is -0.505 e. The second-order valence-corrected chi connectivity index (χ2v) is 7.65. The largest absolute Gasteiger partial charge is 0.505 e. The predicted octanol–water partition coefficient (Wildman–Crippen LogP) is 4.00. The number of aromatic nitrogens is 3. The fourth-order valence-corrected chi connectivity index (χ4v) is 2.99. The van der Waals surface area contributed by atoms with Crippen LogP contribution >= 0.6 is 11.6 Å². The lowest BCUT2D eigenvalue weighted by Crippen LogP contribution is -2.14. The molecule has 0 radical (unpaired) electrons. The van der Waals surface area contributed by atoms with Crippen molar-refractivity contribution in [3.63, 3.8) is 0 Å². The molecule has 6 heteroatoms. The molecule has 1 heterocycles. The van der Waals surface area contributed by atoms with Crippen LogP contribution in [0.3, 0.4) is 0 Å². The van der Waals surface area contributed by atoms with Crippen molar-refractivity contribution in [1.29, 1.82) is 0 Å². The van der Waals surface area contributed by atoms with Gasteiger partial charge in [0.25, 0.3) is 0 Å². The van der Waals surface area contributed by atoms with Crippen molar-refractivity contribution >= 4 is 22.6 Å². The Hall–Kier alpha value is -2.11. The average molecular weight is 360 g/mol. The van der Waals surface area contributed by atoms with Gasteiger partial charge in [-0.1, -0.05) is 38.4 Å². The molecule has 0 spiro atoms. The Morgan fingerprint density at radius 2 is 1.80 bits per heavy atom. The number of phenols is 1. The smallest absolute Gasteiger partial charge is 0.146 e. The third-order valence-electron chi connectivity index (χ3n) is 4.14. The maximum Gasteiger partial charge on any atom is 0.146 e. The van der Waals surface area contributed by atoms with E-state index in [9.17, 15) is 5.11 Å². The van der Waals surface area contributed by atoms with Crippen LogP contribution in [0.2, 0.25) is 5.02 Å². The molecule has 0 aliphatic rings. The molecule has 0 aliphatic heterocycles. The van der Waals surface area contributed by atoms with Gasteiger partial charge in [0.1, 0.15) is 22.5 Å². The molecule has 0 unspecified atom stereocenters. The van der Waals surface area contributed by atoms with Gasteiger partial charge in [-0.2, -0.15) is 0 Å². The van der Waals surface area contributed by atoms with Gasteiger partial charge in [-0.25, -0.2) is 0 Å². The van der Waals surface area contributed by atoms with Crippen molar-refractivity contribution in [1.82, 2.24) is 15.0 Å². The van der Waals surface area contributed by atoms with Crippen LogP contribution in [0.5, 0.6) is 5.75 Å². The van der Waals surface area contributed by atoms with E-state index in [0.29, 0.717) is 28.2 Å². The molecule has 3 aromatic rings. The Morgan fingerprint density at radius 1 is 1.08 bits per heavy atom. The monoisotopic (exact) mass is 359 g/mol. The van der Waals surface area contributed by atoms with Gasteiger partial charge in [0.05, 0.1) is 0 Å². The van der Waals surface area contributed by atoms with Crippen molar-refractivity contribution in [2.45, 2.75) is 39.0 Å². The first-order valence-electron chi connectivity index (χ1n) is 8.30. The number of halogens is 1. The van der Waals surface area contributed by atoms with Crippen molar-refractivity contribution in [2.75, 3.05) is 6.61 Å². The summed E-state index contributed by atoms with van der Waals surface area (Å²) < 4.78 is 0. The number of hydrogen-bond acceptors (Lipinski definition) is 4. The molecule has 0 saturated heterocycles. The first-order chi connectivity index (χ1) is 11.8. The number of aromatic hydroxyl groups is 1. The third kappa shape index (κ3) is 3.62. The number of rotatable bonds is 4. The van der Waals surface area contributed by atoms with E-state index in [1.807, 2.05) is 12.1 Å². The highest BCUT2D eigenvalue weighted by Crippen LogP contribution is 2.36. The molecule has 5 nitrogen and oxygen atoms in total. The number of fused-ring (bicyclic) bond motifs is 1. The molecule has 2 aromatic carbocycles. The van der Waals surface area contributed by atoms with E-state index in [1.54, 1.807) is 18.2 Å². The first kappa shape index (κ1) is 17.7. The van der Waals surface area contributed by atoms with Gasteiger partial charge in [0.2, 0.25) is 0 Å². The van der Waals surface area contributed by atoms with Crippen LogP contribution in [0.4, 0.5) is 0 Å². The molecule has 0 amide bonds. The van der Waals surface area contributed by atoms with Crippen molar-refractivity contribution < 1.29 is 10.2 Å².